The average Bonchev–Trinajstić information content (AvgIpc) is 2.64. The Bertz CT molecular complexity index is 462. The van der Waals surface area contributed by atoms with Gasteiger partial charge in [-0.05, 0) is 0 Å². The standard InChI is InChI=1S/C7H13N5O3S/c1-16(13,14)12-4-2-11(3-5-12)7-10-9-6(8)15-7/h2-5H2,1H3,(H2,8,9). The first-order valence-electron chi connectivity index (χ1n) is 4.76. The zero-order valence-corrected chi connectivity index (χ0v) is 9.64. The number of rotatable bonds is 2. The van der Waals surface area contributed by atoms with Crippen molar-refractivity contribution in [2.75, 3.05) is 43.1 Å². The van der Waals surface area contributed by atoms with E-state index in [-0.39, 0.29) is 6.01 Å². The van der Waals surface area contributed by atoms with Gasteiger partial charge < -0.3 is 15.1 Å². The van der Waals surface area contributed by atoms with E-state index in [2.05, 4.69) is 10.2 Å². The molecule has 0 atom stereocenters. The summed E-state index contributed by atoms with van der Waals surface area (Å²) in [6.07, 6.45) is 1.20. The van der Waals surface area contributed by atoms with Crippen molar-refractivity contribution in [1.29, 1.82) is 0 Å². The number of hydrogen-bond acceptors (Lipinski definition) is 7. The van der Waals surface area contributed by atoms with Gasteiger partial charge in [0.15, 0.2) is 0 Å². The minimum absolute atomic E-state index is 0.0144. The van der Waals surface area contributed by atoms with E-state index in [1.807, 2.05) is 4.90 Å². The lowest BCUT2D eigenvalue weighted by molar-refractivity contribution is 0.375. The van der Waals surface area contributed by atoms with Crippen molar-refractivity contribution in [3.63, 3.8) is 0 Å². The molecule has 1 aromatic rings. The molecule has 16 heavy (non-hydrogen) atoms. The monoisotopic (exact) mass is 247 g/mol. The fraction of sp³-hybridized carbons (Fsp3) is 0.714. The molecule has 2 rings (SSSR count). The highest BCUT2D eigenvalue weighted by atomic mass is 32.2. The lowest BCUT2D eigenvalue weighted by atomic mass is 10.4. The number of aromatic nitrogens is 2. The maximum atomic E-state index is 11.3. The van der Waals surface area contributed by atoms with Gasteiger partial charge in [-0.3, -0.25) is 0 Å². The Morgan fingerprint density at radius 1 is 1.25 bits per heavy atom. The molecule has 9 heteroatoms. The van der Waals surface area contributed by atoms with Gasteiger partial charge in [-0.2, -0.15) is 4.31 Å². The lowest BCUT2D eigenvalue weighted by Crippen LogP contribution is -2.48. The lowest BCUT2D eigenvalue weighted by Gasteiger charge is -2.31. The predicted octanol–water partition coefficient (Wildman–Crippen LogP) is -1.27. The number of nitrogen functional groups attached to an aromatic ring is 1. The molecule has 0 aliphatic carbocycles. The summed E-state index contributed by atoms with van der Waals surface area (Å²) in [6.45, 7) is 1.88. The molecule has 1 fully saturated rings. The zero-order valence-electron chi connectivity index (χ0n) is 8.83. The summed E-state index contributed by atoms with van der Waals surface area (Å²) >= 11 is 0. The Morgan fingerprint density at radius 3 is 2.31 bits per heavy atom. The average molecular weight is 247 g/mol. The molecule has 1 saturated heterocycles. The van der Waals surface area contributed by atoms with Crippen LogP contribution in [0.15, 0.2) is 4.42 Å². The third-order valence-electron chi connectivity index (χ3n) is 2.41. The smallest absolute Gasteiger partial charge is 0.319 e. The van der Waals surface area contributed by atoms with Crippen molar-refractivity contribution in [3.05, 3.63) is 0 Å². The van der Waals surface area contributed by atoms with Crippen molar-refractivity contribution in [2.45, 2.75) is 0 Å². The van der Waals surface area contributed by atoms with E-state index in [0.717, 1.165) is 0 Å². The molecule has 1 aliphatic heterocycles. The second-order valence-electron chi connectivity index (χ2n) is 3.57. The summed E-state index contributed by atoms with van der Waals surface area (Å²) in [5.41, 5.74) is 5.31. The van der Waals surface area contributed by atoms with E-state index in [0.29, 0.717) is 32.2 Å². The molecular formula is C7H13N5O3S. The number of anilines is 2. The first kappa shape index (κ1) is 11.1. The third-order valence-corrected chi connectivity index (χ3v) is 3.71. The molecule has 0 spiro atoms. The van der Waals surface area contributed by atoms with Crippen LogP contribution in [0.2, 0.25) is 0 Å². The molecule has 2 N–H and O–H groups in total. The number of nitrogens with two attached hydrogens (primary N) is 1. The van der Waals surface area contributed by atoms with E-state index in [9.17, 15) is 8.42 Å². The minimum atomic E-state index is -3.11. The highest BCUT2D eigenvalue weighted by Gasteiger charge is 2.25. The number of nitrogens with zero attached hydrogens (tertiary/aromatic N) is 4. The van der Waals surface area contributed by atoms with E-state index in [1.165, 1.54) is 10.6 Å². The van der Waals surface area contributed by atoms with Crippen molar-refractivity contribution in [1.82, 2.24) is 14.5 Å². The van der Waals surface area contributed by atoms with E-state index in [1.54, 1.807) is 0 Å². The summed E-state index contributed by atoms with van der Waals surface area (Å²) in [5, 5.41) is 7.29. The largest absolute Gasteiger partial charge is 0.390 e. The highest BCUT2D eigenvalue weighted by molar-refractivity contribution is 7.88. The number of piperazine rings is 1. The van der Waals surface area contributed by atoms with Crippen LogP contribution in [0.1, 0.15) is 0 Å². The van der Waals surface area contributed by atoms with Crippen LogP contribution in [-0.4, -0.2) is 55.4 Å². The maximum absolute atomic E-state index is 11.3. The molecule has 0 saturated carbocycles. The molecule has 1 aliphatic rings. The Kier molecular flexibility index (Phi) is 2.72. The number of sulfonamides is 1. The first-order valence-corrected chi connectivity index (χ1v) is 6.61. The number of hydrogen-bond donors (Lipinski definition) is 1. The van der Waals surface area contributed by atoms with Crippen molar-refractivity contribution in [3.8, 4) is 0 Å². The maximum Gasteiger partial charge on any atom is 0.319 e. The molecule has 90 valence electrons. The van der Waals surface area contributed by atoms with Crippen LogP contribution >= 0.6 is 0 Å². The minimum Gasteiger partial charge on any atom is -0.390 e. The van der Waals surface area contributed by atoms with Crippen LogP contribution in [0.4, 0.5) is 12.0 Å². The fourth-order valence-corrected chi connectivity index (χ4v) is 2.39. The highest BCUT2D eigenvalue weighted by Crippen LogP contribution is 2.16. The quantitative estimate of drug-likeness (QED) is 0.694. The Labute approximate surface area is 93.1 Å². The van der Waals surface area contributed by atoms with Gasteiger partial charge in [-0.1, -0.05) is 10.2 Å². The van der Waals surface area contributed by atoms with Crippen molar-refractivity contribution in [2.24, 2.45) is 0 Å². The third kappa shape index (κ3) is 2.25. The topological polar surface area (TPSA) is 106 Å². The van der Waals surface area contributed by atoms with Crippen LogP contribution in [0.25, 0.3) is 0 Å². The summed E-state index contributed by atoms with van der Waals surface area (Å²) < 4.78 is 29.0. The van der Waals surface area contributed by atoms with Gasteiger partial charge in [-0.25, -0.2) is 8.42 Å². The molecule has 0 bridgehead atoms. The molecule has 8 nitrogen and oxygen atoms in total. The normalized spacial score (nSPS) is 18.9. The van der Waals surface area contributed by atoms with Gasteiger partial charge >= 0.3 is 12.0 Å². The van der Waals surface area contributed by atoms with Crippen LogP contribution in [0, 0.1) is 0 Å². The Morgan fingerprint density at radius 2 is 1.88 bits per heavy atom. The molecular weight excluding hydrogens is 234 g/mol. The van der Waals surface area contributed by atoms with Crippen molar-refractivity contribution >= 4 is 22.1 Å². The molecule has 1 aromatic heterocycles. The Hall–Kier alpha value is -1.35. The summed E-state index contributed by atoms with van der Waals surface area (Å²) in [4.78, 5) is 1.81. The van der Waals surface area contributed by atoms with Crippen molar-refractivity contribution < 1.29 is 12.8 Å². The first-order chi connectivity index (χ1) is 7.47. The molecule has 0 unspecified atom stereocenters. The SMILES string of the molecule is CS(=O)(=O)N1CCN(c2nnc(N)o2)CC1. The summed E-state index contributed by atoms with van der Waals surface area (Å²) in [5.74, 6) is 0. The van der Waals surface area contributed by atoms with Gasteiger partial charge in [0, 0.05) is 26.2 Å². The molecule has 2 heterocycles. The summed E-state index contributed by atoms with van der Waals surface area (Å²) in [7, 11) is -3.11. The van der Waals surface area contributed by atoms with Crippen LogP contribution in [0.3, 0.4) is 0 Å². The van der Waals surface area contributed by atoms with Crippen LogP contribution in [-0.2, 0) is 10.0 Å². The zero-order chi connectivity index (χ0) is 11.8. The molecule has 0 amide bonds. The van der Waals surface area contributed by atoms with Gasteiger partial charge in [0.05, 0.1) is 6.26 Å². The van der Waals surface area contributed by atoms with E-state index < -0.39 is 10.0 Å². The van der Waals surface area contributed by atoms with Gasteiger partial charge in [0.2, 0.25) is 10.0 Å². The molecule has 0 radical (unpaired) electrons. The molecule has 0 aromatic carbocycles. The summed E-state index contributed by atoms with van der Waals surface area (Å²) in [6, 6.07) is 0.353. The second-order valence-corrected chi connectivity index (χ2v) is 5.55. The van der Waals surface area contributed by atoms with Gasteiger partial charge in [0.1, 0.15) is 0 Å². The Balaban J connectivity index is 2.00. The van der Waals surface area contributed by atoms with Gasteiger partial charge in [0.25, 0.3) is 0 Å². The predicted molar refractivity (Wildman–Crippen MR) is 57.3 cm³/mol. The second kappa shape index (κ2) is 3.91. The van der Waals surface area contributed by atoms with Crippen LogP contribution in [0.5, 0.6) is 0 Å². The van der Waals surface area contributed by atoms with Crippen LogP contribution < -0.4 is 10.6 Å². The van der Waals surface area contributed by atoms with E-state index >= 15 is 0 Å². The van der Waals surface area contributed by atoms with Gasteiger partial charge in [-0.15, -0.1) is 0 Å². The fourth-order valence-electron chi connectivity index (χ4n) is 1.57. The van der Waals surface area contributed by atoms with E-state index in [4.69, 9.17) is 10.2 Å².